The quantitative estimate of drug-likeness (QED) is 0.724. The summed E-state index contributed by atoms with van der Waals surface area (Å²) in [4.78, 5) is 23.2. The molecule has 5 nitrogen and oxygen atoms in total. The Labute approximate surface area is 152 Å². The highest BCUT2D eigenvalue weighted by molar-refractivity contribution is 6.33. The van der Waals surface area contributed by atoms with E-state index in [-0.39, 0.29) is 25.4 Å². The minimum Gasteiger partial charge on any atom is -0.461 e. The molecule has 0 saturated carbocycles. The van der Waals surface area contributed by atoms with Gasteiger partial charge >= 0.3 is 11.9 Å². The molecule has 1 aliphatic rings. The molecule has 0 fully saturated rings. The minimum absolute atomic E-state index is 0.0978. The fraction of sp³-hybridized carbons (Fsp3) is 0.421. The maximum atomic E-state index is 12.1. The topological polar surface area (TPSA) is 76.4 Å². The molecule has 0 radical (unpaired) electrons. The molecule has 0 aromatic heterocycles. The number of benzene rings is 1. The second kappa shape index (κ2) is 7.71. The molecular formula is C19H20ClNO4. The third-order valence-corrected chi connectivity index (χ3v) is 4.20. The number of esters is 2. The molecule has 132 valence electrons. The Bertz CT molecular complexity index is 774. The molecule has 25 heavy (non-hydrogen) atoms. The van der Waals surface area contributed by atoms with Gasteiger partial charge in [0.25, 0.3) is 0 Å². The third-order valence-electron chi connectivity index (χ3n) is 3.84. The first-order chi connectivity index (χ1) is 11.7. The number of fused-ring (bicyclic) bond motifs is 1. The number of nitriles is 1. The fourth-order valence-corrected chi connectivity index (χ4v) is 2.96. The highest BCUT2D eigenvalue weighted by atomic mass is 35.5. The van der Waals surface area contributed by atoms with Gasteiger partial charge in [0.05, 0.1) is 18.9 Å². The van der Waals surface area contributed by atoms with Crippen LogP contribution in [0.1, 0.15) is 43.9 Å². The van der Waals surface area contributed by atoms with Gasteiger partial charge in [-0.15, -0.1) is 0 Å². The van der Waals surface area contributed by atoms with Crippen molar-refractivity contribution in [1.29, 1.82) is 5.26 Å². The summed E-state index contributed by atoms with van der Waals surface area (Å²) in [6, 6.07) is 7.66. The van der Waals surface area contributed by atoms with Gasteiger partial charge < -0.3 is 9.47 Å². The second-order valence-corrected chi connectivity index (χ2v) is 7.03. The molecule has 0 saturated heterocycles. The van der Waals surface area contributed by atoms with Crippen LogP contribution in [0.4, 0.5) is 0 Å². The average Bonchev–Trinajstić information content (AvgIpc) is 2.79. The van der Waals surface area contributed by atoms with Crippen LogP contribution in [0.5, 0.6) is 0 Å². The Balaban J connectivity index is 2.12. The number of nitrogens with zero attached hydrogens (tertiary/aromatic N) is 1. The molecule has 1 aromatic carbocycles. The van der Waals surface area contributed by atoms with Gasteiger partial charge in [-0.25, -0.2) is 0 Å². The van der Waals surface area contributed by atoms with E-state index in [0.717, 1.165) is 22.3 Å². The van der Waals surface area contributed by atoms with E-state index in [1.165, 1.54) is 6.92 Å². The van der Waals surface area contributed by atoms with Crippen LogP contribution < -0.4 is 0 Å². The van der Waals surface area contributed by atoms with Crippen molar-refractivity contribution >= 4 is 29.1 Å². The number of ether oxygens (including phenoxy) is 2. The third kappa shape index (κ3) is 5.07. The van der Waals surface area contributed by atoms with E-state index < -0.39 is 11.6 Å². The standard InChI is InChI=1S/C19H20ClNO4/c1-12(22)24-11-16-15-8-13(4-5-14(15)10-17(16)20)9-18(23)25-19(2,3)6-7-21/h4-5,8H,6,9-11H2,1-3H3. The molecule has 0 heterocycles. The summed E-state index contributed by atoms with van der Waals surface area (Å²) in [7, 11) is 0. The van der Waals surface area contributed by atoms with E-state index in [0.29, 0.717) is 11.5 Å². The summed E-state index contributed by atoms with van der Waals surface area (Å²) >= 11 is 6.27. The Kier molecular flexibility index (Phi) is 5.86. The zero-order valence-electron chi connectivity index (χ0n) is 14.5. The van der Waals surface area contributed by atoms with Gasteiger partial charge in [0.15, 0.2) is 0 Å². The molecule has 0 spiro atoms. The molecular weight excluding hydrogens is 342 g/mol. The Morgan fingerprint density at radius 2 is 2.08 bits per heavy atom. The number of allylic oxidation sites excluding steroid dienone is 1. The monoisotopic (exact) mass is 361 g/mol. The summed E-state index contributed by atoms with van der Waals surface area (Å²) in [5.41, 5.74) is 2.67. The van der Waals surface area contributed by atoms with Crippen molar-refractivity contribution in [2.75, 3.05) is 6.61 Å². The Morgan fingerprint density at radius 1 is 1.36 bits per heavy atom. The van der Waals surface area contributed by atoms with Crippen LogP contribution in [-0.4, -0.2) is 24.1 Å². The summed E-state index contributed by atoms with van der Waals surface area (Å²) < 4.78 is 10.4. The number of carbonyl (C=O) groups is 2. The van der Waals surface area contributed by atoms with E-state index in [1.807, 2.05) is 24.3 Å². The van der Waals surface area contributed by atoms with Crippen LogP contribution in [0, 0.1) is 11.3 Å². The largest absolute Gasteiger partial charge is 0.461 e. The SMILES string of the molecule is CC(=O)OCC1=C(Cl)Cc2ccc(CC(=O)OC(C)(C)CC#N)cc21. The number of hydrogen-bond acceptors (Lipinski definition) is 5. The van der Waals surface area contributed by atoms with Crippen LogP contribution in [0.2, 0.25) is 0 Å². The molecule has 0 unspecified atom stereocenters. The van der Waals surface area contributed by atoms with Gasteiger partial charge in [0, 0.05) is 23.9 Å². The lowest BCUT2D eigenvalue weighted by molar-refractivity contribution is -0.155. The lowest BCUT2D eigenvalue weighted by Crippen LogP contribution is -2.28. The van der Waals surface area contributed by atoms with Gasteiger partial charge in [-0.2, -0.15) is 5.26 Å². The van der Waals surface area contributed by atoms with Crippen molar-refractivity contribution in [2.45, 2.75) is 45.6 Å². The molecule has 1 aliphatic carbocycles. The maximum absolute atomic E-state index is 12.1. The second-order valence-electron chi connectivity index (χ2n) is 6.58. The predicted octanol–water partition coefficient (Wildman–Crippen LogP) is 3.53. The lowest BCUT2D eigenvalue weighted by atomic mass is 10.0. The first-order valence-corrected chi connectivity index (χ1v) is 8.31. The van der Waals surface area contributed by atoms with Crippen LogP contribution >= 0.6 is 11.6 Å². The van der Waals surface area contributed by atoms with Crippen LogP contribution in [0.15, 0.2) is 23.2 Å². The number of hydrogen-bond donors (Lipinski definition) is 0. The molecule has 2 rings (SSSR count). The normalized spacial score (nSPS) is 13.2. The van der Waals surface area contributed by atoms with E-state index in [4.69, 9.17) is 26.3 Å². The summed E-state index contributed by atoms with van der Waals surface area (Å²) in [6.45, 7) is 4.87. The van der Waals surface area contributed by atoms with Gasteiger partial charge in [0.2, 0.25) is 0 Å². The van der Waals surface area contributed by atoms with Gasteiger partial charge in [-0.05, 0) is 30.5 Å². The summed E-state index contributed by atoms with van der Waals surface area (Å²) in [5, 5.41) is 9.40. The molecule has 0 atom stereocenters. The Morgan fingerprint density at radius 3 is 2.72 bits per heavy atom. The van der Waals surface area contributed by atoms with Crippen molar-refractivity contribution in [3.05, 3.63) is 39.9 Å². The number of carbonyl (C=O) groups excluding carboxylic acids is 2. The van der Waals surface area contributed by atoms with Crippen molar-refractivity contribution in [3.63, 3.8) is 0 Å². The molecule has 0 aliphatic heterocycles. The number of halogens is 1. The number of rotatable bonds is 6. The van der Waals surface area contributed by atoms with E-state index in [9.17, 15) is 9.59 Å². The van der Waals surface area contributed by atoms with E-state index in [1.54, 1.807) is 13.8 Å². The summed E-state index contributed by atoms with van der Waals surface area (Å²) in [6.07, 6.45) is 0.821. The molecule has 0 amide bonds. The lowest BCUT2D eigenvalue weighted by Gasteiger charge is -2.22. The molecule has 6 heteroatoms. The van der Waals surface area contributed by atoms with Crippen molar-refractivity contribution in [2.24, 2.45) is 0 Å². The first-order valence-electron chi connectivity index (χ1n) is 7.93. The van der Waals surface area contributed by atoms with Crippen LogP contribution in [0.3, 0.4) is 0 Å². The zero-order valence-corrected chi connectivity index (χ0v) is 15.3. The predicted molar refractivity (Wildman–Crippen MR) is 93.7 cm³/mol. The smallest absolute Gasteiger partial charge is 0.310 e. The minimum atomic E-state index is -0.813. The fourth-order valence-electron chi connectivity index (χ4n) is 2.66. The molecule has 0 bridgehead atoms. The van der Waals surface area contributed by atoms with Crippen molar-refractivity contribution in [3.8, 4) is 6.07 Å². The Hall–Kier alpha value is -2.32. The maximum Gasteiger partial charge on any atom is 0.310 e. The van der Waals surface area contributed by atoms with Crippen LogP contribution in [0.25, 0.3) is 5.57 Å². The molecule has 1 aromatic rings. The highest BCUT2D eigenvalue weighted by Crippen LogP contribution is 2.35. The molecule has 0 N–H and O–H groups in total. The van der Waals surface area contributed by atoms with Gasteiger partial charge in [-0.3, -0.25) is 9.59 Å². The average molecular weight is 362 g/mol. The van der Waals surface area contributed by atoms with Gasteiger partial charge in [-0.1, -0.05) is 29.8 Å². The zero-order chi connectivity index (χ0) is 18.6. The van der Waals surface area contributed by atoms with E-state index >= 15 is 0 Å². The highest BCUT2D eigenvalue weighted by Gasteiger charge is 2.24. The van der Waals surface area contributed by atoms with Crippen molar-refractivity contribution in [1.82, 2.24) is 0 Å². The summed E-state index contributed by atoms with van der Waals surface area (Å²) in [5.74, 6) is -0.764. The van der Waals surface area contributed by atoms with Crippen molar-refractivity contribution < 1.29 is 19.1 Å². The van der Waals surface area contributed by atoms with E-state index in [2.05, 4.69) is 0 Å². The first kappa shape index (κ1) is 19.0. The van der Waals surface area contributed by atoms with Gasteiger partial charge in [0.1, 0.15) is 12.2 Å². The van der Waals surface area contributed by atoms with Crippen LogP contribution in [-0.2, 0) is 31.9 Å².